The van der Waals surface area contributed by atoms with Gasteiger partial charge >= 0.3 is 0 Å². The van der Waals surface area contributed by atoms with Crippen LogP contribution in [0.3, 0.4) is 0 Å². The fraction of sp³-hybridized carbons (Fsp3) is 0.0800. The van der Waals surface area contributed by atoms with Crippen LogP contribution in [0.2, 0.25) is 5.02 Å². The van der Waals surface area contributed by atoms with Gasteiger partial charge in [0.25, 0.3) is 26.0 Å². The van der Waals surface area contributed by atoms with E-state index in [9.17, 15) is 21.6 Å². The highest BCUT2D eigenvalue weighted by atomic mass is 35.5. The van der Waals surface area contributed by atoms with Crippen molar-refractivity contribution in [2.45, 2.75) is 15.9 Å². The molecule has 11 nitrogen and oxygen atoms in total. The Morgan fingerprint density at radius 1 is 0.872 bits per heavy atom. The monoisotopic (exact) mass is 585 g/mol. The third kappa shape index (κ3) is 5.65. The molecule has 2 heterocycles. The molecule has 0 bridgehead atoms. The minimum Gasteiger partial charge on any atom is -0.476 e. The number of carbonyl (C=O) groups is 1. The Bertz CT molecular complexity index is 1720. The Labute approximate surface area is 229 Å². The molecule has 14 heteroatoms. The molecule has 2 N–H and O–H groups in total. The number of nitrogens with one attached hydrogen (secondary N) is 2. The number of rotatable bonds is 7. The molecule has 0 spiro atoms. The Hall–Kier alpha value is -4.20. The van der Waals surface area contributed by atoms with Crippen molar-refractivity contribution >= 4 is 54.9 Å². The van der Waals surface area contributed by atoms with Gasteiger partial charge in [-0.05, 0) is 66.7 Å². The van der Waals surface area contributed by atoms with Gasteiger partial charge in [-0.15, -0.1) is 0 Å². The van der Waals surface area contributed by atoms with Crippen LogP contribution in [-0.4, -0.2) is 45.4 Å². The average Bonchev–Trinajstić information content (AvgIpc) is 2.93. The standard InChI is InChI=1S/C25H20ClN5O6S2/c26-17-6-10-20(11-7-17)39(35,36)31-16-23(37-22-5-2-1-4-21(22)31)24(32)29-18-8-12-19(13-9-18)38(33,34)30-25-27-14-3-15-28-25/h1-15,23H,16H2,(H,29,32)(H,27,28,30)/t23-/m0/s1. The zero-order chi connectivity index (χ0) is 27.6. The molecule has 1 atom stereocenters. The summed E-state index contributed by atoms with van der Waals surface area (Å²) < 4.78 is 61.4. The Morgan fingerprint density at radius 2 is 1.51 bits per heavy atom. The lowest BCUT2D eigenvalue weighted by atomic mass is 10.2. The van der Waals surface area contributed by atoms with Gasteiger partial charge in [0.05, 0.1) is 22.0 Å². The first-order chi connectivity index (χ1) is 18.6. The molecule has 3 aromatic carbocycles. The summed E-state index contributed by atoms with van der Waals surface area (Å²) in [4.78, 5) is 20.7. The first-order valence-electron chi connectivity index (χ1n) is 11.4. The van der Waals surface area contributed by atoms with Gasteiger partial charge in [0.2, 0.25) is 5.95 Å². The van der Waals surface area contributed by atoms with Crippen molar-refractivity contribution < 1.29 is 26.4 Å². The molecule has 200 valence electrons. The second-order valence-corrected chi connectivity index (χ2v) is 12.2. The molecular formula is C25H20ClN5O6S2. The van der Waals surface area contributed by atoms with Gasteiger partial charge < -0.3 is 10.1 Å². The molecule has 0 aliphatic carbocycles. The van der Waals surface area contributed by atoms with Gasteiger partial charge in [-0.3, -0.25) is 9.10 Å². The van der Waals surface area contributed by atoms with E-state index in [0.717, 1.165) is 4.31 Å². The number of halogens is 1. The molecule has 1 aliphatic heterocycles. The maximum absolute atomic E-state index is 13.5. The van der Waals surface area contributed by atoms with E-state index >= 15 is 0 Å². The smallest absolute Gasteiger partial charge is 0.267 e. The number of aromatic nitrogens is 2. The van der Waals surface area contributed by atoms with E-state index < -0.39 is 32.1 Å². The van der Waals surface area contributed by atoms with Crippen LogP contribution in [0.25, 0.3) is 0 Å². The normalized spacial score (nSPS) is 15.1. The molecule has 39 heavy (non-hydrogen) atoms. The number of para-hydroxylation sites is 2. The van der Waals surface area contributed by atoms with Crippen LogP contribution < -0.4 is 19.1 Å². The molecule has 0 unspecified atom stereocenters. The zero-order valence-electron chi connectivity index (χ0n) is 19.9. The topological polar surface area (TPSA) is 148 Å². The van der Waals surface area contributed by atoms with E-state index in [2.05, 4.69) is 20.0 Å². The van der Waals surface area contributed by atoms with Crippen molar-refractivity contribution in [1.82, 2.24) is 9.97 Å². The van der Waals surface area contributed by atoms with Crippen LogP contribution >= 0.6 is 11.6 Å². The minimum atomic E-state index is -4.05. The van der Waals surface area contributed by atoms with E-state index in [1.807, 2.05) is 0 Å². The second-order valence-electron chi connectivity index (χ2n) is 8.26. The van der Waals surface area contributed by atoms with Crippen LogP contribution in [0.5, 0.6) is 5.75 Å². The number of fused-ring (bicyclic) bond motifs is 1. The number of carbonyl (C=O) groups excluding carboxylic acids is 1. The highest BCUT2D eigenvalue weighted by Crippen LogP contribution is 2.37. The van der Waals surface area contributed by atoms with Crippen molar-refractivity contribution in [3.05, 3.63) is 96.3 Å². The molecule has 5 rings (SSSR count). The Morgan fingerprint density at radius 3 is 2.21 bits per heavy atom. The van der Waals surface area contributed by atoms with Gasteiger partial charge in [-0.25, -0.2) is 31.5 Å². The lowest BCUT2D eigenvalue weighted by molar-refractivity contribution is -0.122. The molecule has 1 aliphatic rings. The number of hydrogen-bond donors (Lipinski definition) is 2. The molecule has 1 aromatic heterocycles. The number of nitrogens with zero attached hydrogens (tertiary/aromatic N) is 3. The summed E-state index contributed by atoms with van der Waals surface area (Å²) >= 11 is 5.92. The first-order valence-corrected chi connectivity index (χ1v) is 14.7. The highest BCUT2D eigenvalue weighted by Gasteiger charge is 2.37. The summed E-state index contributed by atoms with van der Waals surface area (Å²) in [6.45, 7) is -0.290. The predicted molar refractivity (Wildman–Crippen MR) is 145 cm³/mol. The number of benzene rings is 3. The maximum Gasteiger partial charge on any atom is 0.267 e. The summed E-state index contributed by atoms with van der Waals surface area (Å²) in [6.07, 6.45) is 1.61. The van der Waals surface area contributed by atoms with E-state index in [1.165, 1.54) is 60.9 Å². The molecule has 4 aromatic rings. The van der Waals surface area contributed by atoms with Gasteiger partial charge in [-0.2, -0.15) is 0 Å². The van der Waals surface area contributed by atoms with Crippen molar-refractivity contribution in [3.63, 3.8) is 0 Å². The Kier molecular flexibility index (Phi) is 7.12. The fourth-order valence-corrected chi connectivity index (χ4v) is 6.33. The van der Waals surface area contributed by atoms with E-state index in [0.29, 0.717) is 10.7 Å². The van der Waals surface area contributed by atoms with Gasteiger partial charge in [-0.1, -0.05) is 23.7 Å². The van der Waals surface area contributed by atoms with Crippen molar-refractivity contribution in [1.29, 1.82) is 0 Å². The molecule has 0 saturated carbocycles. The Balaban J connectivity index is 1.34. The molecule has 1 amide bonds. The van der Waals surface area contributed by atoms with Crippen LogP contribution in [-0.2, 0) is 24.8 Å². The quantitative estimate of drug-likeness (QED) is 0.335. The molecule has 0 saturated heterocycles. The van der Waals surface area contributed by atoms with Gasteiger partial charge in [0.1, 0.15) is 5.75 Å². The first kappa shape index (κ1) is 26.4. The third-order valence-electron chi connectivity index (χ3n) is 5.65. The summed E-state index contributed by atoms with van der Waals surface area (Å²) in [6, 6.07) is 19.2. The lowest BCUT2D eigenvalue weighted by Crippen LogP contribution is -2.48. The molecule has 0 fully saturated rings. The van der Waals surface area contributed by atoms with Gasteiger partial charge in [0, 0.05) is 23.1 Å². The summed E-state index contributed by atoms with van der Waals surface area (Å²) in [5.74, 6) is -0.480. The predicted octanol–water partition coefficient (Wildman–Crippen LogP) is 3.53. The fourth-order valence-electron chi connectivity index (χ4n) is 3.77. The second kappa shape index (κ2) is 10.5. The van der Waals surface area contributed by atoms with Crippen molar-refractivity contribution in [2.24, 2.45) is 0 Å². The van der Waals surface area contributed by atoms with Crippen LogP contribution in [0.15, 0.2) is 101 Å². The third-order valence-corrected chi connectivity index (χ3v) is 9.04. The lowest BCUT2D eigenvalue weighted by Gasteiger charge is -2.34. The number of amides is 1. The highest BCUT2D eigenvalue weighted by molar-refractivity contribution is 7.93. The number of hydrogen-bond acceptors (Lipinski definition) is 8. The maximum atomic E-state index is 13.5. The van der Waals surface area contributed by atoms with Crippen molar-refractivity contribution in [3.8, 4) is 5.75 Å². The molecule has 0 radical (unpaired) electrons. The summed E-state index contributed by atoms with van der Waals surface area (Å²) in [7, 11) is -8.01. The van der Waals surface area contributed by atoms with Gasteiger partial charge in [0.15, 0.2) is 6.10 Å². The average molecular weight is 586 g/mol. The number of ether oxygens (including phenoxy) is 1. The van der Waals surface area contributed by atoms with Crippen LogP contribution in [0, 0.1) is 0 Å². The van der Waals surface area contributed by atoms with Crippen LogP contribution in [0.1, 0.15) is 0 Å². The zero-order valence-corrected chi connectivity index (χ0v) is 22.3. The largest absolute Gasteiger partial charge is 0.476 e. The van der Waals surface area contributed by atoms with Crippen molar-refractivity contribution in [2.75, 3.05) is 20.9 Å². The number of anilines is 3. The van der Waals surface area contributed by atoms with E-state index in [4.69, 9.17) is 16.3 Å². The van der Waals surface area contributed by atoms with E-state index in [-0.39, 0.29) is 33.7 Å². The minimum absolute atomic E-state index is 0.00840. The number of sulfonamides is 2. The van der Waals surface area contributed by atoms with Crippen LogP contribution in [0.4, 0.5) is 17.3 Å². The summed E-state index contributed by atoms with van der Waals surface area (Å²) in [5.41, 5.74) is 0.574. The van der Waals surface area contributed by atoms with E-state index in [1.54, 1.807) is 30.3 Å². The summed E-state index contributed by atoms with van der Waals surface area (Å²) in [5, 5.41) is 3.03. The SMILES string of the molecule is O=C(Nc1ccc(S(=O)(=O)Nc2ncccn2)cc1)[C@@H]1CN(S(=O)(=O)c2ccc(Cl)cc2)c2ccccc2O1. The molecular weight excluding hydrogens is 566 g/mol.